The van der Waals surface area contributed by atoms with Gasteiger partial charge in [-0.05, 0) is 43.2 Å². The lowest BCUT2D eigenvalue weighted by Crippen LogP contribution is -2.61. The number of rotatable bonds is 8. The Hall–Kier alpha value is -4.55. The molecule has 0 spiro atoms. The standard InChI is InChI=1S/C30H26F3N3O6/c1-18-25-23(26(37)35-20-12-9-15-34-17-20)24(27(38)40-2)29(41-18,42-25)22(16-19-10-5-3-6-11-19)36(28(39)30(31,32)33)21-13-7-4-8-14-21/h3-15,17-18,22,25H,16H2,1-2H3,(H,35,37). The minimum absolute atomic E-state index is 0.115. The molecule has 4 unspecified atom stereocenters. The Bertz CT molecular complexity index is 1500. The van der Waals surface area contributed by atoms with Crippen molar-refractivity contribution < 1.29 is 41.8 Å². The summed E-state index contributed by atoms with van der Waals surface area (Å²) in [6.07, 6.45) is -4.70. The van der Waals surface area contributed by atoms with E-state index in [-0.39, 0.29) is 17.7 Å². The molecule has 2 bridgehead atoms. The second-order valence-corrected chi connectivity index (χ2v) is 9.72. The number of alkyl halides is 3. The van der Waals surface area contributed by atoms with Gasteiger partial charge in [-0.3, -0.25) is 19.5 Å². The lowest BCUT2D eigenvalue weighted by Gasteiger charge is -2.42. The zero-order valence-electron chi connectivity index (χ0n) is 22.5. The van der Waals surface area contributed by atoms with Crippen LogP contribution in [-0.2, 0) is 35.0 Å². The Morgan fingerprint density at radius 3 is 2.29 bits per heavy atom. The fourth-order valence-electron chi connectivity index (χ4n) is 5.34. The molecule has 2 amide bonds. The molecule has 0 saturated carbocycles. The highest BCUT2D eigenvalue weighted by molar-refractivity contribution is 6.11. The summed E-state index contributed by atoms with van der Waals surface area (Å²) in [6, 6.07) is 17.2. The SMILES string of the molecule is COC(=O)C1=C(C(=O)Nc2cccnc2)C2OC1(C(Cc1ccccc1)N(C(=O)C(F)(F)F)c1ccccc1)OC2C. The van der Waals surface area contributed by atoms with Gasteiger partial charge in [-0.1, -0.05) is 48.5 Å². The Morgan fingerprint density at radius 2 is 1.69 bits per heavy atom. The number of carbonyl (C=O) groups is 3. The number of nitrogens with zero attached hydrogens (tertiary/aromatic N) is 2. The summed E-state index contributed by atoms with van der Waals surface area (Å²) in [5, 5.41) is 2.65. The summed E-state index contributed by atoms with van der Waals surface area (Å²) in [6.45, 7) is 1.57. The van der Waals surface area contributed by atoms with Crippen LogP contribution in [0.2, 0.25) is 0 Å². The number of benzene rings is 2. The molecule has 0 aliphatic carbocycles. The molecule has 1 saturated heterocycles. The third kappa shape index (κ3) is 5.26. The van der Waals surface area contributed by atoms with Crippen LogP contribution in [0, 0.1) is 0 Å². The van der Waals surface area contributed by atoms with E-state index in [1.807, 2.05) is 0 Å². The van der Waals surface area contributed by atoms with Crippen LogP contribution in [0.4, 0.5) is 24.5 Å². The number of anilines is 2. The van der Waals surface area contributed by atoms with Crippen LogP contribution in [-0.4, -0.2) is 60.1 Å². The van der Waals surface area contributed by atoms with Gasteiger partial charge in [0.1, 0.15) is 17.7 Å². The van der Waals surface area contributed by atoms with Gasteiger partial charge < -0.3 is 19.5 Å². The topological polar surface area (TPSA) is 107 Å². The molecular formula is C30H26F3N3O6. The van der Waals surface area contributed by atoms with Gasteiger partial charge in [0.25, 0.3) is 5.91 Å². The van der Waals surface area contributed by atoms with E-state index in [9.17, 15) is 27.6 Å². The maximum Gasteiger partial charge on any atom is 0.471 e. The first-order chi connectivity index (χ1) is 20.1. The van der Waals surface area contributed by atoms with E-state index in [1.54, 1.807) is 55.5 Å². The number of ether oxygens (including phenoxy) is 3. The predicted octanol–water partition coefficient (Wildman–Crippen LogP) is 4.21. The zero-order chi connectivity index (χ0) is 30.1. The monoisotopic (exact) mass is 581 g/mol. The highest BCUT2D eigenvalue weighted by Gasteiger charge is 2.67. The third-order valence-corrected chi connectivity index (χ3v) is 7.06. The van der Waals surface area contributed by atoms with Crippen molar-refractivity contribution in [2.24, 2.45) is 0 Å². The van der Waals surface area contributed by atoms with E-state index in [2.05, 4.69) is 10.3 Å². The van der Waals surface area contributed by atoms with Gasteiger partial charge in [0.15, 0.2) is 0 Å². The fraction of sp³-hybridized carbons (Fsp3) is 0.267. The number of carbonyl (C=O) groups excluding carboxylic acids is 3. The number of esters is 1. The Labute approximate surface area is 238 Å². The van der Waals surface area contributed by atoms with Gasteiger partial charge in [0, 0.05) is 11.9 Å². The van der Waals surface area contributed by atoms with Crippen LogP contribution >= 0.6 is 0 Å². The molecular weight excluding hydrogens is 555 g/mol. The molecule has 218 valence electrons. The molecule has 9 nitrogen and oxygen atoms in total. The zero-order valence-corrected chi connectivity index (χ0v) is 22.5. The van der Waals surface area contributed by atoms with Crippen molar-refractivity contribution in [1.29, 1.82) is 0 Å². The summed E-state index contributed by atoms with van der Waals surface area (Å²) in [5.41, 5.74) is 0.120. The molecule has 1 fully saturated rings. The molecule has 1 N–H and O–H groups in total. The Morgan fingerprint density at radius 1 is 1.02 bits per heavy atom. The minimum atomic E-state index is -5.31. The van der Waals surface area contributed by atoms with E-state index in [1.165, 1.54) is 36.7 Å². The number of pyridine rings is 1. The summed E-state index contributed by atoms with van der Waals surface area (Å²) < 4.78 is 60.1. The lowest BCUT2D eigenvalue weighted by atomic mass is 9.86. The molecule has 2 aromatic carbocycles. The van der Waals surface area contributed by atoms with Crippen molar-refractivity contribution in [3.8, 4) is 0 Å². The van der Waals surface area contributed by atoms with Gasteiger partial charge in [0.2, 0.25) is 5.79 Å². The lowest BCUT2D eigenvalue weighted by molar-refractivity contribution is -0.181. The van der Waals surface area contributed by atoms with Crippen LogP contribution < -0.4 is 10.2 Å². The van der Waals surface area contributed by atoms with Crippen molar-refractivity contribution in [2.45, 2.75) is 43.6 Å². The summed E-state index contributed by atoms with van der Waals surface area (Å²) >= 11 is 0. The van der Waals surface area contributed by atoms with Crippen molar-refractivity contribution in [3.63, 3.8) is 0 Å². The number of aromatic nitrogens is 1. The third-order valence-electron chi connectivity index (χ3n) is 7.06. The number of nitrogens with one attached hydrogen (secondary N) is 1. The van der Waals surface area contributed by atoms with E-state index < -0.39 is 53.6 Å². The first-order valence-electron chi connectivity index (χ1n) is 13.0. The van der Waals surface area contributed by atoms with Crippen molar-refractivity contribution in [2.75, 3.05) is 17.3 Å². The average molecular weight is 582 g/mol. The van der Waals surface area contributed by atoms with Crippen molar-refractivity contribution in [3.05, 3.63) is 102 Å². The van der Waals surface area contributed by atoms with Crippen LogP contribution in [0.3, 0.4) is 0 Å². The Kier molecular flexibility index (Phi) is 7.85. The van der Waals surface area contributed by atoms with Crippen LogP contribution in [0.25, 0.3) is 0 Å². The number of hydrogen-bond donors (Lipinski definition) is 1. The van der Waals surface area contributed by atoms with Crippen LogP contribution in [0.5, 0.6) is 0 Å². The summed E-state index contributed by atoms with van der Waals surface area (Å²) in [7, 11) is 1.07. The number of methoxy groups -OCH3 is 1. The second-order valence-electron chi connectivity index (χ2n) is 9.72. The summed E-state index contributed by atoms with van der Waals surface area (Å²) in [5.74, 6) is -6.31. The van der Waals surface area contributed by atoms with Crippen molar-refractivity contribution >= 4 is 29.2 Å². The molecule has 2 aliphatic rings. The van der Waals surface area contributed by atoms with E-state index in [0.717, 1.165) is 7.11 Å². The first kappa shape index (κ1) is 29.0. The fourth-order valence-corrected chi connectivity index (χ4v) is 5.34. The molecule has 5 rings (SSSR count). The maximum absolute atomic E-state index is 14.2. The van der Waals surface area contributed by atoms with Gasteiger partial charge in [0.05, 0.1) is 30.7 Å². The van der Waals surface area contributed by atoms with Gasteiger partial charge in [-0.15, -0.1) is 0 Å². The predicted molar refractivity (Wildman–Crippen MR) is 144 cm³/mol. The van der Waals surface area contributed by atoms with Crippen LogP contribution in [0.1, 0.15) is 12.5 Å². The molecule has 2 aliphatic heterocycles. The summed E-state index contributed by atoms with van der Waals surface area (Å²) in [4.78, 5) is 44.7. The molecule has 42 heavy (non-hydrogen) atoms. The van der Waals surface area contributed by atoms with Gasteiger partial charge in [-0.2, -0.15) is 13.2 Å². The van der Waals surface area contributed by atoms with E-state index >= 15 is 0 Å². The highest BCUT2D eigenvalue weighted by Crippen LogP contribution is 2.51. The first-order valence-corrected chi connectivity index (χ1v) is 13.0. The average Bonchev–Trinajstić information content (AvgIpc) is 3.51. The number of fused-ring (bicyclic) bond motifs is 2. The van der Waals surface area contributed by atoms with E-state index in [0.29, 0.717) is 16.2 Å². The highest BCUT2D eigenvalue weighted by atomic mass is 19.4. The van der Waals surface area contributed by atoms with Gasteiger partial charge in [-0.25, -0.2) is 4.79 Å². The smallest absolute Gasteiger partial charge is 0.465 e. The largest absolute Gasteiger partial charge is 0.471 e. The van der Waals surface area contributed by atoms with Crippen molar-refractivity contribution in [1.82, 2.24) is 4.98 Å². The molecule has 12 heteroatoms. The van der Waals surface area contributed by atoms with Gasteiger partial charge >= 0.3 is 18.1 Å². The van der Waals surface area contributed by atoms with Crippen LogP contribution in [0.15, 0.2) is 96.3 Å². The maximum atomic E-state index is 14.2. The molecule has 0 radical (unpaired) electrons. The normalized spacial score (nSPS) is 22.0. The molecule has 1 aromatic heterocycles. The number of halogens is 3. The van der Waals surface area contributed by atoms with E-state index in [4.69, 9.17) is 14.2 Å². The minimum Gasteiger partial charge on any atom is -0.465 e. The number of amides is 2. The Balaban J connectivity index is 1.73. The number of para-hydroxylation sites is 1. The quantitative estimate of drug-likeness (QED) is 0.397. The molecule has 3 aromatic rings. The molecule has 4 atom stereocenters. The molecule has 3 heterocycles. The second kappa shape index (κ2) is 11.4. The number of hydrogen-bond acceptors (Lipinski definition) is 7.